The maximum absolute atomic E-state index is 6.25. The van der Waals surface area contributed by atoms with Crippen molar-refractivity contribution in [1.82, 2.24) is 4.90 Å². The molecule has 2 saturated heterocycles. The standard InChI is InChI=1S/C20H31NO3/c1-3-23-14-8-18-9-15-24-20(18)10-12-21(13-11-20)16-17-4-6-19(22-2)7-5-17/h4-7,18H,3,8-16H2,1-2H3/t18-/m0/s1. The van der Waals surface area contributed by atoms with Crippen LogP contribution in [-0.2, 0) is 16.0 Å². The van der Waals surface area contributed by atoms with Gasteiger partial charge in [-0.15, -0.1) is 0 Å². The van der Waals surface area contributed by atoms with E-state index >= 15 is 0 Å². The molecule has 3 rings (SSSR count). The van der Waals surface area contributed by atoms with Crippen LogP contribution in [0.2, 0.25) is 0 Å². The Bertz CT molecular complexity index is 494. The van der Waals surface area contributed by atoms with Crippen LogP contribution in [0.25, 0.3) is 0 Å². The molecule has 0 radical (unpaired) electrons. The molecule has 0 bridgehead atoms. The minimum absolute atomic E-state index is 0.119. The molecule has 134 valence electrons. The fourth-order valence-electron chi connectivity index (χ4n) is 4.19. The summed E-state index contributed by atoms with van der Waals surface area (Å²) in [5.41, 5.74) is 1.47. The van der Waals surface area contributed by atoms with E-state index in [1.807, 2.05) is 12.1 Å². The highest BCUT2D eigenvalue weighted by molar-refractivity contribution is 5.27. The molecule has 1 aromatic rings. The topological polar surface area (TPSA) is 30.9 Å². The molecule has 0 unspecified atom stereocenters. The predicted molar refractivity (Wildman–Crippen MR) is 95.4 cm³/mol. The Kier molecular flexibility index (Phi) is 6.14. The van der Waals surface area contributed by atoms with Gasteiger partial charge in [0, 0.05) is 39.5 Å². The zero-order valence-corrected chi connectivity index (χ0v) is 15.1. The number of hydrogen-bond donors (Lipinski definition) is 0. The average molecular weight is 333 g/mol. The molecule has 2 aliphatic heterocycles. The quantitative estimate of drug-likeness (QED) is 0.715. The van der Waals surface area contributed by atoms with Crippen LogP contribution in [0, 0.1) is 5.92 Å². The third-order valence-corrected chi connectivity index (χ3v) is 5.68. The Labute approximate surface area is 146 Å². The summed E-state index contributed by atoms with van der Waals surface area (Å²) in [6, 6.07) is 8.43. The molecule has 0 N–H and O–H groups in total. The summed E-state index contributed by atoms with van der Waals surface area (Å²) in [4.78, 5) is 2.55. The molecule has 24 heavy (non-hydrogen) atoms. The van der Waals surface area contributed by atoms with Gasteiger partial charge >= 0.3 is 0 Å². The lowest BCUT2D eigenvalue weighted by Crippen LogP contribution is -2.47. The number of hydrogen-bond acceptors (Lipinski definition) is 4. The first-order chi connectivity index (χ1) is 11.8. The Morgan fingerprint density at radius 3 is 2.62 bits per heavy atom. The van der Waals surface area contributed by atoms with Gasteiger partial charge in [0.15, 0.2) is 0 Å². The zero-order valence-electron chi connectivity index (χ0n) is 15.1. The first-order valence-electron chi connectivity index (χ1n) is 9.33. The van der Waals surface area contributed by atoms with Crippen molar-refractivity contribution >= 4 is 0 Å². The van der Waals surface area contributed by atoms with Crippen LogP contribution in [0.5, 0.6) is 5.75 Å². The Hall–Kier alpha value is -1.10. The van der Waals surface area contributed by atoms with Gasteiger partial charge in [-0.2, -0.15) is 0 Å². The summed E-state index contributed by atoms with van der Waals surface area (Å²) in [7, 11) is 1.71. The van der Waals surface area contributed by atoms with Gasteiger partial charge in [-0.1, -0.05) is 12.1 Å². The third-order valence-electron chi connectivity index (χ3n) is 5.68. The van der Waals surface area contributed by atoms with E-state index in [0.29, 0.717) is 5.92 Å². The van der Waals surface area contributed by atoms with Crippen LogP contribution in [0.4, 0.5) is 0 Å². The first kappa shape index (κ1) is 17.7. The number of nitrogens with zero attached hydrogens (tertiary/aromatic N) is 1. The Morgan fingerprint density at radius 2 is 1.96 bits per heavy atom. The second-order valence-electron chi connectivity index (χ2n) is 7.01. The predicted octanol–water partition coefficient (Wildman–Crippen LogP) is 3.49. The van der Waals surface area contributed by atoms with Gasteiger partial charge in [0.05, 0.1) is 12.7 Å². The van der Waals surface area contributed by atoms with E-state index < -0.39 is 0 Å². The van der Waals surface area contributed by atoms with Crippen LogP contribution in [0.15, 0.2) is 24.3 Å². The number of ether oxygens (including phenoxy) is 3. The molecule has 0 saturated carbocycles. The molecule has 4 heteroatoms. The van der Waals surface area contributed by atoms with Crippen molar-refractivity contribution in [2.75, 3.05) is 40.0 Å². The van der Waals surface area contributed by atoms with Gasteiger partial charge in [0.25, 0.3) is 0 Å². The van der Waals surface area contributed by atoms with Crippen LogP contribution < -0.4 is 4.74 Å². The van der Waals surface area contributed by atoms with Gasteiger partial charge in [-0.05, 0) is 56.2 Å². The molecule has 0 amide bonds. The Balaban J connectivity index is 1.50. The summed E-state index contributed by atoms with van der Waals surface area (Å²) in [6.45, 7) is 7.95. The third kappa shape index (κ3) is 4.11. The molecule has 0 aliphatic carbocycles. The van der Waals surface area contributed by atoms with Gasteiger partial charge in [0.1, 0.15) is 5.75 Å². The highest BCUT2D eigenvalue weighted by atomic mass is 16.5. The number of methoxy groups -OCH3 is 1. The van der Waals surface area contributed by atoms with Gasteiger partial charge in [-0.25, -0.2) is 0 Å². The van der Waals surface area contributed by atoms with E-state index in [9.17, 15) is 0 Å². The van der Waals surface area contributed by atoms with Crippen LogP contribution in [0.3, 0.4) is 0 Å². The summed E-state index contributed by atoms with van der Waals surface area (Å²) in [5.74, 6) is 1.60. The summed E-state index contributed by atoms with van der Waals surface area (Å²) in [6.07, 6.45) is 4.65. The minimum atomic E-state index is 0.119. The van der Waals surface area contributed by atoms with E-state index in [-0.39, 0.29) is 5.60 Å². The number of piperidine rings is 1. The van der Waals surface area contributed by atoms with Crippen molar-refractivity contribution in [3.63, 3.8) is 0 Å². The highest BCUT2D eigenvalue weighted by Gasteiger charge is 2.45. The minimum Gasteiger partial charge on any atom is -0.497 e. The zero-order chi connectivity index (χ0) is 16.8. The van der Waals surface area contributed by atoms with E-state index in [4.69, 9.17) is 14.2 Å². The monoisotopic (exact) mass is 333 g/mol. The van der Waals surface area contributed by atoms with E-state index in [2.05, 4.69) is 24.0 Å². The van der Waals surface area contributed by atoms with Gasteiger partial charge in [-0.3, -0.25) is 4.90 Å². The maximum Gasteiger partial charge on any atom is 0.118 e. The van der Waals surface area contributed by atoms with Gasteiger partial charge in [0.2, 0.25) is 0 Å². The lowest BCUT2D eigenvalue weighted by Gasteiger charge is -2.42. The average Bonchev–Trinajstić information content (AvgIpc) is 3.00. The normalized spacial score (nSPS) is 23.7. The number of rotatable bonds is 7. The molecule has 1 spiro atoms. The second kappa shape index (κ2) is 8.32. The summed E-state index contributed by atoms with van der Waals surface area (Å²) < 4.78 is 17.1. The molecule has 0 aromatic heterocycles. The smallest absolute Gasteiger partial charge is 0.118 e. The van der Waals surface area contributed by atoms with E-state index in [0.717, 1.165) is 64.5 Å². The van der Waals surface area contributed by atoms with Crippen LogP contribution in [0.1, 0.15) is 38.2 Å². The van der Waals surface area contributed by atoms with Crippen molar-refractivity contribution in [3.8, 4) is 5.75 Å². The van der Waals surface area contributed by atoms with Crippen molar-refractivity contribution in [2.45, 2.75) is 44.8 Å². The largest absolute Gasteiger partial charge is 0.497 e. The molecule has 4 nitrogen and oxygen atoms in total. The van der Waals surface area contributed by atoms with E-state index in [1.54, 1.807) is 7.11 Å². The van der Waals surface area contributed by atoms with Crippen LogP contribution >= 0.6 is 0 Å². The highest BCUT2D eigenvalue weighted by Crippen LogP contribution is 2.42. The van der Waals surface area contributed by atoms with Crippen molar-refractivity contribution in [2.24, 2.45) is 5.92 Å². The molecule has 1 atom stereocenters. The molecular weight excluding hydrogens is 302 g/mol. The SMILES string of the molecule is CCOCC[C@H]1CCOC12CCN(Cc1ccc(OC)cc1)CC2. The van der Waals surface area contributed by atoms with E-state index in [1.165, 1.54) is 12.0 Å². The molecule has 2 heterocycles. The van der Waals surface area contributed by atoms with Gasteiger partial charge < -0.3 is 14.2 Å². The molecular formula is C20H31NO3. The molecule has 2 aliphatic rings. The number of benzene rings is 1. The second-order valence-corrected chi connectivity index (χ2v) is 7.01. The summed E-state index contributed by atoms with van der Waals surface area (Å²) >= 11 is 0. The fraction of sp³-hybridized carbons (Fsp3) is 0.700. The van der Waals surface area contributed by atoms with Crippen LogP contribution in [-0.4, -0.2) is 50.5 Å². The Morgan fingerprint density at radius 1 is 1.21 bits per heavy atom. The lowest BCUT2D eigenvalue weighted by molar-refractivity contribution is -0.0728. The van der Waals surface area contributed by atoms with Crippen molar-refractivity contribution in [1.29, 1.82) is 0 Å². The lowest BCUT2D eigenvalue weighted by atomic mass is 9.78. The number of likely N-dealkylation sites (tertiary alicyclic amines) is 1. The van der Waals surface area contributed by atoms with Crippen molar-refractivity contribution < 1.29 is 14.2 Å². The summed E-state index contributed by atoms with van der Waals surface area (Å²) in [5, 5.41) is 0. The maximum atomic E-state index is 6.25. The fourth-order valence-corrected chi connectivity index (χ4v) is 4.19. The van der Waals surface area contributed by atoms with Crippen molar-refractivity contribution in [3.05, 3.63) is 29.8 Å². The first-order valence-corrected chi connectivity index (χ1v) is 9.33. The molecule has 1 aromatic carbocycles. The molecule has 2 fully saturated rings.